The Morgan fingerprint density at radius 2 is 1.86 bits per heavy atom. The summed E-state index contributed by atoms with van der Waals surface area (Å²) in [6.45, 7) is 2.09. The first-order valence-corrected chi connectivity index (χ1v) is 6.91. The highest BCUT2D eigenvalue weighted by Crippen LogP contribution is 2.11. The van der Waals surface area contributed by atoms with Gasteiger partial charge >= 0.3 is 0 Å². The van der Waals surface area contributed by atoms with Gasteiger partial charge in [0.15, 0.2) is 6.10 Å². The van der Waals surface area contributed by atoms with Gasteiger partial charge < -0.3 is 21.1 Å². The van der Waals surface area contributed by atoms with Crippen LogP contribution >= 0.6 is 0 Å². The molecule has 21 heavy (non-hydrogen) atoms. The molecule has 1 rings (SSSR count). The van der Waals surface area contributed by atoms with Crippen LogP contribution in [-0.2, 0) is 16.0 Å². The zero-order valence-electron chi connectivity index (χ0n) is 12.7. The normalized spacial score (nSPS) is 13.4. The van der Waals surface area contributed by atoms with E-state index in [1.807, 2.05) is 12.1 Å². The molecule has 4 N–H and O–H groups in total. The highest BCUT2D eigenvalue weighted by molar-refractivity contribution is 5.98. The second-order valence-electron chi connectivity index (χ2n) is 5.14. The van der Waals surface area contributed by atoms with Crippen LogP contribution in [0.2, 0.25) is 0 Å². The van der Waals surface area contributed by atoms with E-state index in [1.165, 1.54) is 24.6 Å². The minimum Gasteiger partial charge on any atom is -0.381 e. The van der Waals surface area contributed by atoms with Crippen LogP contribution in [0.1, 0.15) is 18.9 Å². The summed E-state index contributed by atoms with van der Waals surface area (Å²) >= 11 is 0. The monoisotopic (exact) mass is 293 g/mol. The average Bonchev–Trinajstić information content (AvgIpc) is 2.47. The number of rotatable bonds is 6. The Kier molecular flexibility index (Phi) is 6.33. The number of carbonyl (C=O) groups is 2. The van der Waals surface area contributed by atoms with E-state index >= 15 is 0 Å². The van der Waals surface area contributed by atoms with Crippen LogP contribution in [0.15, 0.2) is 24.3 Å². The van der Waals surface area contributed by atoms with E-state index in [2.05, 4.69) is 12.2 Å². The largest absolute Gasteiger partial charge is 0.381 e. The number of amides is 2. The summed E-state index contributed by atoms with van der Waals surface area (Å²) in [5.41, 5.74) is 7.31. The van der Waals surface area contributed by atoms with Crippen LogP contribution in [-0.4, -0.2) is 48.1 Å². The first kappa shape index (κ1) is 17.1. The Labute approximate surface area is 124 Å². The second-order valence-corrected chi connectivity index (χ2v) is 5.14. The maximum absolute atomic E-state index is 11.9. The highest BCUT2D eigenvalue weighted by Gasteiger charge is 2.29. The van der Waals surface area contributed by atoms with E-state index in [-0.39, 0.29) is 0 Å². The number of nitrogens with zero attached hydrogens (tertiary/aromatic N) is 1. The van der Waals surface area contributed by atoms with Crippen molar-refractivity contribution in [2.45, 2.75) is 31.9 Å². The molecule has 0 bridgehead atoms. The van der Waals surface area contributed by atoms with Gasteiger partial charge in [-0.15, -0.1) is 0 Å². The van der Waals surface area contributed by atoms with Crippen molar-refractivity contribution in [1.29, 1.82) is 0 Å². The summed E-state index contributed by atoms with van der Waals surface area (Å²) in [5.74, 6) is -1.20. The van der Waals surface area contributed by atoms with E-state index in [0.29, 0.717) is 5.69 Å². The molecule has 0 aliphatic carbocycles. The van der Waals surface area contributed by atoms with Crippen molar-refractivity contribution in [3.05, 3.63) is 29.8 Å². The number of aryl methyl sites for hydroxylation is 1. The van der Waals surface area contributed by atoms with Gasteiger partial charge in [-0.1, -0.05) is 25.5 Å². The Hall–Kier alpha value is -1.92. The fourth-order valence-corrected chi connectivity index (χ4v) is 1.86. The van der Waals surface area contributed by atoms with E-state index in [9.17, 15) is 14.7 Å². The zero-order chi connectivity index (χ0) is 16.0. The number of hydrogen-bond acceptors (Lipinski definition) is 4. The van der Waals surface area contributed by atoms with Crippen LogP contribution in [0.4, 0.5) is 5.69 Å². The number of hydrogen-bond donors (Lipinski definition) is 3. The van der Waals surface area contributed by atoms with Gasteiger partial charge in [0.25, 0.3) is 5.91 Å². The van der Waals surface area contributed by atoms with Crippen molar-refractivity contribution in [2.75, 3.05) is 19.4 Å². The van der Waals surface area contributed by atoms with E-state index in [1.54, 1.807) is 12.1 Å². The lowest BCUT2D eigenvalue weighted by Gasteiger charge is -2.21. The summed E-state index contributed by atoms with van der Waals surface area (Å²) in [7, 11) is 3.03. The number of aliphatic hydroxyl groups excluding tert-OH is 1. The molecule has 0 aromatic heterocycles. The number of aliphatic hydroxyl groups is 1. The van der Waals surface area contributed by atoms with Gasteiger partial charge in [-0.2, -0.15) is 0 Å². The molecular formula is C15H23N3O3. The third-order valence-corrected chi connectivity index (χ3v) is 3.09. The number of nitrogens with two attached hydrogens (primary N) is 1. The molecule has 6 heteroatoms. The Bertz CT molecular complexity index is 485. The molecule has 0 fully saturated rings. The van der Waals surface area contributed by atoms with Crippen LogP contribution in [0.5, 0.6) is 0 Å². The van der Waals surface area contributed by atoms with Crippen molar-refractivity contribution in [1.82, 2.24) is 4.90 Å². The molecule has 2 unspecified atom stereocenters. The lowest BCUT2D eigenvalue weighted by Crippen LogP contribution is -2.52. The molecule has 0 aliphatic heterocycles. The molecular weight excluding hydrogens is 270 g/mol. The Morgan fingerprint density at radius 1 is 1.29 bits per heavy atom. The van der Waals surface area contributed by atoms with Crippen LogP contribution in [0.3, 0.4) is 0 Å². The average molecular weight is 293 g/mol. The highest BCUT2D eigenvalue weighted by atomic mass is 16.3. The van der Waals surface area contributed by atoms with Gasteiger partial charge in [0.1, 0.15) is 6.04 Å². The lowest BCUT2D eigenvalue weighted by molar-refractivity contribution is -0.137. The standard InChI is InChI=1S/C15H23N3O3/c1-4-5-10-6-8-11(9-7-10)17-14(20)13(19)12(16)15(21)18(2)3/h6-9,12-13,19H,4-5,16H2,1-3H3,(H,17,20). The maximum Gasteiger partial charge on any atom is 0.255 e. The second kappa shape index (κ2) is 7.75. The topological polar surface area (TPSA) is 95.7 Å². The predicted octanol–water partition coefficient (Wildman–Crippen LogP) is 0.354. The van der Waals surface area contributed by atoms with Crippen molar-refractivity contribution >= 4 is 17.5 Å². The van der Waals surface area contributed by atoms with Gasteiger partial charge in [0.05, 0.1) is 0 Å². The van der Waals surface area contributed by atoms with Gasteiger partial charge in [-0.25, -0.2) is 0 Å². The molecule has 2 atom stereocenters. The van der Waals surface area contributed by atoms with Crippen LogP contribution in [0.25, 0.3) is 0 Å². The SMILES string of the molecule is CCCc1ccc(NC(=O)C(O)C(N)C(=O)N(C)C)cc1. The fourth-order valence-electron chi connectivity index (χ4n) is 1.86. The summed E-state index contributed by atoms with van der Waals surface area (Å²) in [6.07, 6.45) is 0.431. The quantitative estimate of drug-likeness (QED) is 0.705. The molecule has 116 valence electrons. The molecule has 0 saturated carbocycles. The number of benzene rings is 1. The predicted molar refractivity (Wildman–Crippen MR) is 81.7 cm³/mol. The molecule has 0 spiro atoms. The molecule has 2 amide bonds. The summed E-state index contributed by atoms with van der Waals surface area (Å²) in [5, 5.41) is 12.4. The van der Waals surface area contributed by atoms with Crippen LogP contribution in [0, 0.1) is 0 Å². The summed E-state index contributed by atoms with van der Waals surface area (Å²) in [6, 6.07) is 6.07. The summed E-state index contributed by atoms with van der Waals surface area (Å²) in [4.78, 5) is 24.7. The summed E-state index contributed by atoms with van der Waals surface area (Å²) < 4.78 is 0. The Morgan fingerprint density at radius 3 is 2.33 bits per heavy atom. The van der Waals surface area contributed by atoms with E-state index < -0.39 is 24.0 Å². The number of nitrogens with one attached hydrogen (secondary N) is 1. The number of carbonyl (C=O) groups excluding carboxylic acids is 2. The zero-order valence-corrected chi connectivity index (χ0v) is 12.7. The van der Waals surface area contributed by atoms with E-state index in [4.69, 9.17) is 5.73 Å². The molecule has 1 aromatic rings. The maximum atomic E-state index is 11.9. The molecule has 0 saturated heterocycles. The number of likely N-dealkylation sites (N-methyl/N-ethyl adjacent to an activating group) is 1. The lowest BCUT2D eigenvalue weighted by atomic mass is 10.1. The van der Waals surface area contributed by atoms with Crippen molar-refractivity contribution < 1.29 is 14.7 Å². The van der Waals surface area contributed by atoms with Crippen LogP contribution < -0.4 is 11.1 Å². The molecule has 0 aliphatic rings. The fraction of sp³-hybridized carbons (Fsp3) is 0.467. The van der Waals surface area contributed by atoms with Crippen molar-refractivity contribution in [3.63, 3.8) is 0 Å². The smallest absolute Gasteiger partial charge is 0.255 e. The van der Waals surface area contributed by atoms with Gasteiger partial charge in [-0.3, -0.25) is 9.59 Å². The Balaban J connectivity index is 2.65. The van der Waals surface area contributed by atoms with Gasteiger partial charge in [-0.05, 0) is 24.1 Å². The van der Waals surface area contributed by atoms with E-state index in [0.717, 1.165) is 12.8 Å². The molecule has 1 aromatic carbocycles. The van der Waals surface area contributed by atoms with Crippen molar-refractivity contribution in [3.8, 4) is 0 Å². The van der Waals surface area contributed by atoms with Gasteiger partial charge in [0.2, 0.25) is 5.91 Å². The third kappa shape index (κ3) is 4.84. The molecule has 0 radical (unpaired) electrons. The first-order chi connectivity index (χ1) is 9.86. The van der Waals surface area contributed by atoms with Crippen molar-refractivity contribution in [2.24, 2.45) is 5.73 Å². The minimum atomic E-state index is -1.59. The molecule has 6 nitrogen and oxygen atoms in total. The number of anilines is 1. The first-order valence-electron chi connectivity index (χ1n) is 6.91. The van der Waals surface area contributed by atoms with Gasteiger partial charge in [0, 0.05) is 19.8 Å². The molecule has 0 heterocycles. The third-order valence-electron chi connectivity index (χ3n) is 3.09. The minimum absolute atomic E-state index is 0.504.